The average Bonchev–Trinajstić information content (AvgIpc) is 3.01. The van der Waals surface area contributed by atoms with E-state index in [1.54, 1.807) is 7.11 Å². The minimum absolute atomic E-state index is 0.143. The second-order valence-corrected chi connectivity index (χ2v) is 5.89. The molecule has 0 saturated carbocycles. The van der Waals surface area contributed by atoms with Crippen molar-refractivity contribution in [1.82, 2.24) is 5.32 Å². The van der Waals surface area contributed by atoms with Crippen LogP contribution in [0, 0.1) is 6.92 Å². The van der Waals surface area contributed by atoms with Crippen LogP contribution in [-0.4, -0.2) is 13.7 Å². The van der Waals surface area contributed by atoms with Gasteiger partial charge in [0.2, 0.25) is 0 Å². The van der Waals surface area contributed by atoms with Gasteiger partial charge in [0.25, 0.3) is 0 Å². The molecule has 19 heavy (non-hydrogen) atoms. The van der Waals surface area contributed by atoms with Gasteiger partial charge in [-0.3, -0.25) is 0 Å². The number of methoxy groups -OCH3 is 1. The van der Waals surface area contributed by atoms with Crippen molar-refractivity contribution >= 4 is 11.3 Å². The van der Waals surface area contributed by atoms with E-state index in [1.165, 1.54) is 9.75 Å². The van der Waals surface area contributed by atoms with Crippen LogP contribution in [0.3, 0.4) is 0 Å². The van der Waals surface area contributed by atoms with Crippen molar-refractivity contribution in [3.05, 3.63) is 45.5 Å². The summed E-state index contributed by atoms with van der Waals surface area (Å²) in [5, 5.41) is 3.55. The fourth-order valence-electron chi connectivity index (χ4n) is 2.01. The van der Waals surface area contributed by atoms with Gasteiger partial charge in [-0.05, 0) is 44.2 Å². The predicted octanol–water partition coefficient (Wildman–Crippen LogP) is 3.88. The highest BCUT2D eigenvalue weighted by Gasteiger charge is 2.18. The molecule has 1 atom stereocenters. The van der Waals surface area contributed by atoms with Gasteiger partial charge in [-0.1, -0.05) is 6.92 Å². The molecule has 2 heterocycles. The lowest BCUT2D eigenvalue weighted by atomic mass is 10.2. The van der Waals surface area contributed by atoms with Crippen LogP contribution in [0.5, 0.6) is 0 Å². The van der Waals surface area contributed by atoms with E-state index in [-0.39, 0.29) is 6.04 Å². The third-order valence-electron chi connectivity index (χ3n) is 2.90. The molecule has 2 rings (SSSR count). The van der Waals surface area contributed by atoms with Crippen LogP contribution in [0.1, 0.15) is 40.7 Å². The monoisotopic (exact) mass is 279 g/mol. The van der Waals surface area contributed by atoms with Crippen LogP contribution in [0.4, 0.5) is 0 Å². The number of furan rings is 1. The molecule has 3 nitrogen and oxygen atoms in total. The molecule has 2 aromatic heterocycles. The Morgan fingerprint density at radius 2 is 2.16 bits per heavy atom. The van der Waals surface area contributed by atoms with E-state index in [0.717, 1.165) is 24.5 Å². The van der Waals surface area contributed by atoms with E-state index in [9.17, 15) is 0 Å². The normalized spacial score (nSPS) is 12.8. The molecule has 0 radical (unpaired) electrons. The lowest BCUT2D eigenvalue weighted by Crippen LogP contribution is -2.21. The number of thiophene rings is 1. The van der Waals surface area contributed by atoms with Crippen molar-refractivity contribution in [3.63, 3.8) is 0 Å². The first-order valence-corrected chi connectivity index (χ1v) is 7.43. The van der Waals surface area contributed by atoms with E-state index in [0.29, 0.717) is 6.61 Å². The highest BCUT2D eigenvalue weighted by Crippen LogP contribution is 2.29. The maximum Gasteiger partial charge on any atom is 0.129 e. The summed E-state index contributed by atoms with van der Waals surface area (Å²) < 4.78 is 11.0. The standard InChI is InChI=1S/C15H21NO2S/c1-4-9-16-15(14-8-5-11(2)19-14)13-7-6-12(18-13)10-17-3/h5-8,15-16H,4,9-10H2,1-3H3. The summed E-state index contributed by atoms with van der Waals surface area (Å²) in [5.41, 5.74) is 0. The van der Waals surface area contributed by atoms with E-state index in [2.05, 4.69) is 31.3 Å². The number of hydrogen-bond acceptors (Lipinski definition) is 4. The highest BCUT2D eigenvalue weighted by molar-refractivity contribution is 7.12. The van der Waals surface area contributed by atoms with Gasteiger partial charge in [-0.2, -0.15) is 0 Å². The maximum absolute atomic E-state index is 5.87. The molecule has 0 aliphatic rings. The zero-order valence-corrected chi connectivity index (χ0v) is 12.5. The molecule has 0 bridgehead atoms. The summed E-state index contributed by atoms with van der Waals surface area (Å²) in [6.45, 7) is 5.79. The van der Waals surface area contributed by atoms with Crippen LogP contribution in [-0.2, 0) is 11.3 Å². The average molecular weight is 279 g/mol. The minimum atomic E-state index is 0.143. The van der Waals surface area contributed by atoms with E-state index in [4.69, 9.17) is 9.15 Å². The Hall–Kier alpha value is -1.10. The molecular formula is C15H21NO2S. The van der Waals surface area contributed by atoms with Gasteiger partial charge in [0.05, 0.1) is 0 Å². The third-order valence-corrected chi connectivity index (χ3v) is 3.96. The summed E-state index contributed by atoms with van der Waals surface area (Å²) >= 11 is 1.81. The van der Waals surface area contributed by atoms with E-state index < -0.39 is 0 Å². The Morgan fingerprint density at radius 1 is 1.32 bits per heavy atom. The molecule has 0 saturated heterocycles. The summed E-state index contributed by atoms with van der Waals surface area (Å²) in [5.74, 6) is 1.83. The lowest BCUT2D eigenvalue weighted by molar-refractivity contribution is 0.162. The number of ether oxygens (including phenoxy) is 1. The van der Waals surface area contributed by atoms with Gasteiger partial charge in [-0.25, -0.2) is 0 Å². The SMILES string of the molecule is CCCNC(c1ccc(COC)o1)c1ccc(C)s1. The lowest BCUT2D eigenvalue weighted by Gasteiger charge is -2.14. The molecule has 0 aliphatic heterocycles. The number of hydrogen-bond donors (Lipinski definition) is 1. The molecule has 104 valence electrons. The first-order chi connectivity index (χ1) is 9.24. The Balaban J connectivity index is 2.20. The fourth-order valence-corrected chi connectivity index (χ4v) is 2.97. The molecule has 2 aromatic rings. The van der Waals surface area contributed by atoms with Crippen molar-refractivity contribution < 1.29 is 9.15 Å². The van der Waals surface area contributed by atoms with Crippen molar-refractivity contribution in [2.24, 2.45) is 0 Å². The summed E-state index contributed by atoms with van der Waals surface area (Å²) in [6.07, 6.45) is 1.10. The van der Waals surface area contributed by atoms with Crippen LogP contribution in [0.2, 0.25) is 0 Å². The molecular weight excluding hydrogens is 258 g/mol. The van der Waals surface area contributed by atoms with E-state index in [1.807, 2.05) is 23.5 Å². The second kappa shape index (κ2) is 6.89. The topological polar surface area (TPSA) is 34.4 Å². The van der Waals surface area contributed by atoms with Gasteiger partial charge in [-0.15, -0.1) is 11.3 Å². The van der Waals surface area contributed by atoms with Gasteiger partial charge >= 0.3 is 0 Å². The molecule has 0 spiro atoms. The molecule has 0 amide bonds. The Bertz CT molecular complexity index is 504. The summed E-state index contributed by atoms with van der Waals surface area (Å²) in [4.78, 5) is 2.62. The first kappa shape index (κ1) is 14.3. The maximum atomic E-state index is 5.87. The Kier molecular flexibility index (Phi) is 5.19. The van der Waals surface area contributed by atoms with Crippen LogP contribution in [0.25, 0.3) is 0 Å². The van der Waals surface area contributed by atoms with Gasteiger partial charge in [0.1, 0.15) is 24.2 Å². The quantitative estimate of drug-likeness (QED) is 0.835. The molecule has 4 heteroatoms. The summed E-state index contributed by atoms with van der Waals surface area (Å²) in [6, 6.07) is 8.49. The van der Waals surface area contributed by atoms with Crippen LogP contribution >= 0.6 is 11.3 Å². The summed E-state index contributed by atoms with van der Waals surface area (Å²) in [7, 11) is 1.68. The van der Waals surface area contributed by atoms with Crippen molar-refractivity contribution in [2.45, 2.75) is 32.9 Å². The molecule has 0 fully saturated rings. The van der Waals surface area contributed by atoms with Gasteiger partial charge in [0.15, 0.2) is 0 Å². The molecule has 0 aromatic carbocycles. The predicted molar refractivity (Wildman–Crippen MR) is 78.6 cm³/mol. The molecule has 0 aliphatic carbocycles. The highest BCUT2D eigenvalue weighted by atomic mass is 32.1. The van der Waals surface area contributed by atoms with Crippen molar-refractivity contribution in [3.8, 4) is 0 Å². The number of nitrogens with one attached hydrogen (secondary N) is 1. The van der Waals surface area contributed by atoms with Gasteiger partial charge < -0.3 is 14.5 Å². The van der Waals surface area contributed by atoms with Crippen molar-refractivity contribution in [2.75, 3.05) is 13.7 Å². The zero-order chi connectivity index (χ0) is 13.7. The number of aryl methyl sites for hydroxylation is 1. The smallest absolute Gasteiger partial charge is 0.129 e. The second-order valence-electron chi connectivity index (χ2n) is 4.57. The largest absolute Gasteiger partial charge is 0.462 e. The third kappa shape index (κ3) is 3.69. The van der Waals surface area contributed by atoms with Crippen LogP contribution in [0.15, 0.2) is 28.7 Å². The van der Waals surface area contributed by atoms with Crippen LogP contribution < -0.4 is 5.32 Å². The molecule has 1 N–H and O–H groups in total. The first-order valence-electron chi connectivity index (χ1n) is 6.62. The minimum Gasteiger partial charge on any atom is -0.462 e. The number of rotatable bonds is 7. The Morgan fingerprint density at radius 3 is 2.79 bits per heavy atom. The van der Waals surface area contributed by atoms with E-state index >= 15 is 0 Å². The van der Waals surface area contributed by atoms with Crippen molar-refractivity contribution in [1.29, 1.82) is 0 Å². The zero-order valence-electron chi connectivity index (χ0n) is 11.7. The fraction of sp³-hybridized carbons (Fsp3) is 0.467. The molecule has 1 unspecified atom stereocenters. The van der Waals surface area contributed by atoms with Gasteiger partial charge in [0, 0.05) is 16.9 Å². The Labute approximate surface area is 118 Å².